The van der Waals surface area contributed by atoms with E-state index in [0.29, 0.717) is 12.6 Å². The van der Waals surface area contributed by atoms with Crippen LogP contribution in [0.25, 0.3) is 0 Å². The summed E-state index contributed by atoms with van der Waals surface area (Å²) in [5, 5.41) is 0. The van der Waals surface area contributed by atoms with E-state index in [1.165, 1.54) is 18.9 Å². The molecule has 0 bridgehead atoms. The molecule has 1 aromatic rings. The Morgan fingerprint density at radius 2 is 1.94 bits per heavy atom. The maximum Gasteiger partial charge on any atom is 0.125 e. The summed E-state index contributed by atoms with van der Waals surface area (Å²) in [7, 11) is 0. The second-order valence-electron chi connectivity index (χ2n) is 5.02. The molecular weight excluding hydrogens is 227 g/mol. The maximum atomic E-state index is 13.5. The van der Waals surface area contributed by atoms with Crippen LogP contribution in [0.5, 0.6) is 0 Å². The predicted octanol–water partition coefficient (Wildman–Crippen LogP) is 3.69. The molecule has 0 aromatic heterocycles. The van der Waals surface area contributed by atoms with Gasteiger partial charge in [0, 0.05) is 24.8 Å². The molecule has 0 saturated heterocycles. The molecule has 102 valence electrons. The minimum Gasteiger partial charge on any atom is -0.369 e. The summed E-state index contributed by atoms with van der Waals surface area (Å²) in [6, 6.07) is 5.48. The van der Waals surface area contributed by atoms with Gasteiger partial charge in [-0.2, -0.15) is 0 Å². The van der Waals surface area contributed by atoms with E-state index in [4.69, 9.17) is 5.73 Å². The van der Waals surface area contributed by atoms with Crippen molar-refractivity contribution in [1.82, 2.24) is 0 Å². The van der Waals surface area contributed by atoms with Crippen LogP contribution in [0.15, 0.2) is 18.2 Å². The standard InChI is InChI=1S/C15H25FN2/c1-4-5-6-7-18(12(2)3)15-9-13(11-17)8-14(16)10-15/h8-10,12H,4-7,11,17H2,1-3H3. The van der Waals surface area contributed by atoms with Gasteiger partial charge in [-0.1, -0.05) is 19.8 Å². The van der Waals surface area contributed by atoms with Crippen molar-refractivity contribution in [2.45, 2.75) is 52.6 Å². The van der Waals surface area contributed by atoms with Crippen molar-refractivity contribution >= 4 is 5.69 Å². The van der Waals surface area contributed by atoms with Gasteiger partial charge in [0.05, 0.1) is 0 Å². The number of unbranched alkanes of at least 4 members (excludes halogenated alkanes) is 2. The molecule has 0 aliphatic heterocycles. The molecule has 0 fully saturated rings. The van der Waals surface area contributed by atoms with Crippen LogP contribution < -0.4 is 10.6 Å². The molecule has 3 heteroatoms. The van der Waals surface area contributed by atoms with Crippen molar-refractivity contribution in [1.29, 1.82) is 0 Å². The Labute approximate surface area is 110 Å². The Morgan fingerprint density at radius 1 is 1.22 bits per heavy atom. The minimum atomic E-state index is -0.200. The van der Waals surface area contributed by atoms with E-state index in [1.54, 1.807) is 6.07 Å². The van der Waals surface area contributed by atoms with Gasteiger partial charge in [-0.05, 0) is 44.0 Å². The van der Waals surface area contributed by atoms with E-state index in [0.717, 1.165) is 24.2 Å². The quantitative estimate of drug-likeness (QED) is 0.750. The molecule has 0 aliphatic carbocycles. The van der Waals surface area contributed by atoms with Crippen molar-refractivity contribution in [2.75, 3.05) is 11.4 Å². The van der Waals surface area contributed by atoms with E-state index in [2.05, 4.69) is 25.7 Å². The van der Waals surface area contributed by atoms with Gasteiger partial charge in [0.1, 0.15) is 5.82 Å². The molecule has 0 atom stereocenters. The van der Waals surface area contributed by atoms with Crippen LogP contribution in [0.1, 0.15) is 45.6 Å². The minimum absolute atomic E-state index is 0.200. The van der Waals surface area contributed by atoms with Gasteiger partial charge in [0.25, 0.3) is 0 Å². The van der Waals surface area contributed by atoms with Crippen LogP contribution in [0.4, 0.5) is 10.1 Å². The van der Waals surface area contributed by atoms with Crippen LogP contribution in [-0.2, 0) is 6.54 Å². The molecule has 1 rings (SSSR count). The smallest absolute Gasteiger partial charge is 0.125 e. The van der Waals surface area contributed by atoms with Crippen LogP contribution in [0.3, 0.4) is 0 Å². The van der Waals surface area contributed by atoms with Gasteiger partial charge in [-0.15, -0.1) is 0 Å². The van der Waals surface area contributed by atoms with Gasteiger partial charge in [-0.3, -0.25) is 0 Å². The van der Waals surface area contributed by atoms with Crippen LogP contribution in [-0.4, -0.2) is 12.6 Å². The first-order valence-electron chi connectivity index (χ1n) is 6.84. The number of anilines is 1. The molecule has 0 heterocycles. The highest BCUT2D eigenvalue weighted by Crippen LogP contribution is 2.21. The lowest BCUT2D eigenvalue weighted by molar-refractivity contribution is 0.608. The molecule has 1 aromatic carbocycles. The monoisotopic (exact) mass is 252 g/mol. The number of nitrogens with zero attached hydrogens (tertiary/aromatic N) is 1. The molecule has 2 N–H and O–H groups in total. The zero-order chi connectivity index (χ0) is 13.5. The molecule has 0 amide bonds. The first-order valence-corrected chi connectivity index (χ1v) is 6.84. The van der Waals surface area contributed by atoms with E-state index < -0.39 is 0 Å². The Balaban J connectivity index is 2.87. The lowest BCUT2D eigenvalue weighted by Crippen LogP contribution is -2.32. The Kier molecular flexibility index (Phi) is 6.13. The number of rotatable bonds is 7. The number of halogens is 1. The first kappa shape index (κ1) is 15.0. The molecule has 2 nitrogen and oxygen atoms in total. The molecule has 0 spiro atoms. The zero-order valence-electron chi connectivity index (χ0n) is 11.7. The average molecular weight is 252 g/mol. The SMILES string of the molecule is CCCCCN(c1cc(F)cc(CN)c1)C(C)C. The summed E-state index contributed by atoms with van der Waals surface area (Å²) < 4.78 is 13.5. The van der Waals surface area contributed by atoms with E-state index in [-0.39, 0.29) is 5.82 Å². The highest BCUT2D eigenvalue weighted by molar-refractivity contribution is 5.49. The summed E-state index contributed by atoms with van der Waals surface area (Å²) in [6.45, 7) is 7.82. The summed E-state index contributed by atoms with van der Waals surface area (Å²) >= 11 is 0. The third kappa shape index (κ3) is 4.30. The lowest BCUT2D eigenvalue weighted by Gasteiger charge is -2.29. The topological polar surface area (TPSA) is 29.3 Å². The lowest BCUT2D eigenvalue weighted by atomic mass is 10.1. The van der Waals surface area contributed by atoms with Crippen LogP contribution in [0, 0.1) is 5.82 Å². The normalized spacial score (nSPS) is 11.0. The van der Waals surface area contributed by atoms with Crippen molar-refractivity contribution in [3.05, 3.63) is 29.6 Å². The van der Waals surface area contributed by atoms with Gasteiger partial charge >= 0.3 is 0 Å². The van der Waals surface area contributed by atoms with Crippen molar-refractivity contribution in [2.24, 2.45) is 5.73 Å². The number of benzene rings is 1. The Morgan fingerprint density at radius 3 is 2.50 bits per heavy atom. The largest absolute Gasteiger partial charge is 0.369 e. The summed E-state index contributed by atoms with van der Waals surface area (Å²) in [4.78, 5) is 2.25. The van der Waals surface area contributed by atoms with E-state index in [1.807, 2.05) is 6.07 Å². The van der Waals surface area contributed by atoms with Crippen molar-refractivity contribution in [3.8, 4) is 0 Å². The van der Waals surface area contributed by atoms with Gasteiger partial charge in [-0.25, -0.2) is 4.39 Å². The fraction of sp³-hybridized carbons (Fsp3) is 0.600. The van der Waals surface area contributed by atoms with Crippen LogP contribution in [0.2, 0.25) is 0 Å². The maximum absolute atomic E-state index is 13.5. The first-order chi connectivity index (χ1) is 8.58. The number of nitrogens with two attached hydrogens (primary N) is 1. The highest BCUT2D eigenvalue weighted by Gasteiger charge is 2.12. The summed E-state index contributed by atoms with van der Waals surface area (Å²) in [5.41, 5.74) is 7.40. The second kappa shape index (κ2) is 7.37. The third-order valence-electron chi connectivity index (χ3n) is 3.14. The predicted molar refractivity (Wildman–Crippen MR) is 76.3 cm³/mol. The molecular formula is C15H25FN2. The molecule has 0 saturated carbocycles. The summed E-state index contributed by atoms with van der Waals surface area (Å²) in [5.74, 6) is -0.200. The average Bonchev–Trinajstić information content (AvgIpc) is 2.33. The molecule has 18 heavy (non-hydrogen) atoms. The van der Waals surface area contributed by atoms with Crippen LogP contribution >= 0.6 is 0 Å². The zero-order valence-corrected chi connectivity index (χ0v) is 11.7. The van der Waals surface area contributed by atoms with Crippen molar-refractivity contribution in [3.63, 3.8) is 0 Å². The van der Waals surface area contributed by atoms with E-state index in [9.17, 15) is 4.39 Å². The fourth-order valence-corrected chi connectivity index (χ4v) is 2.13. The highest BCUT2D eigenvalue weighted by atomic mass is 19.1. The fourth-order valence-electron chi connectivity index (χ4n) is 2.13. The van der Waals surface area contributed by atoms with E-state index >= 15 is 0 Å². The molecule has 0 unspecified atom stereocenters. The summed E-state index contributed by atoms with van der Waals surface area (Å²) in [6.07, 6.45) is 3.55. The molecule has 0 aliphatic rings. The Bertz CT molecular complexity index is 364. The van der Waals surface area contributed by atoms with Gasteiger partial charge in [0.2, 0.25) is 0 Å². The van der Waals surface area contributed by atoms with Crippen molar-refractivity contribution < 1.29 is 4.39 Å². The van der Waals surface area contributed by atoms with Gasteiger partial charge in [0.15, 0.2) is 0 Å². The Hall–Kier alpha value is -1.09. The molecule has 0 radical (unpaired) electrons. The number of hydrogen-bond acceptors (Lipinski definition) is 2. The van der Waals surface area contributed by atoms with Gasteiger partial charge < -0.3 is 10.6 Å². The number of hydrogen-bond donors (Lipinski definition) is 1. The third-order valence-corrected chi connectivity index (χ3v) is 3.14. The second-order valence-corrected chi connectivity index (χ2v) is 5.02.